The normalized spacial score (nSPS) is 29.8. The summed E-state index contributed by atoms with van der Waals surface area (Å²) in [6.07, 6.45) is 0.563. The van der Waals surface area contributed by atoms with E-state index >= 15 is 0 Å². The molecule has 0 saturated heterocycles. The van der Waals surface area contributed by atoms with E-state index in [4.69, 9.17) is 0 Å². The minimum absolute atomic E-state index is 0.193. The molecule has 3 atom stereocenters. The predicted octanol–water partition coefficient (Wildman–Crippen LogP) is 3.25. The molecule has 106 valence electrons. The number of fused-ring (bicyclic) bond motifs is 5. The molecular weight excluding hydrogens is 267 g/mol. The van der Waals surface area contributed by atoms with Crippen LogP contribution < -0.4 is 0 Å². The van der Waals surface area contributed by atoms with Crippen LogP contribution in [0.4, 0.5) is 4.39 Å². The van der Waals surface area contributed by atoms with Gasteiger partial charge in [0.2, 0.25) is 0 Å². The second kappa shape index (κ2) is 3.97. The molecule has 3 unspecified atom stereocenters. The van der Waals surface area contributed by atoms with E-state index in [0.717, 1.165) is 11.3 Å². The number of hydrogen-bond acceptors (Lipinski definition) is 3. The van der Waals surface area contributed by atoms with Crippen LogP contribution >= 0.6 is 0 Å². The highest BCUT2D eigenvalue weighted by molar-refractivity contribution is 5.96. The third kappa shape index (κ3) is 1.45. The van der Waals surface area contributed by atoms with E-state index < -0.39 is 5.41 Å². The minimum Gasteiger partial charge on any atom is -0.299 e. The van der Waals surface area contributed by atoms with Crippen LogP contribution in [-0.4, -0.2) is 16.0 Å². The second-order valence-corrected chi connectivity index (χ2v) is 6.24. The zero-order chi connectivity index (χ0) is 14.8. The first-order chi connectivity index (χ1) is 10.0. The molecule has 2 aliphatic rings. The Balaban J connectivity index is 1.89. The standard InChI is InChI=1S/C17H15FN2O/c1-9-11-8-15(21)17(9,2)16-12(11)7-14(19-20-16)10-5-3-4-6-13(10)18/h3-7,9,11H,8H2,1-2H3. The lowest BCUT2D eigenvalue weighted by molar-refractivity contribution is -0.122. The van der Waals surface area contributed by atoms with Gasteiger partial charge in [-0.3, -0.25) is 4.79 Å². The van der Waals surface area contributed by atoms with Crippen LogP contribution in [0.15, 0.2) is 30.3 Å². The Labute approximate surface area is 122 Å². The van der Waals surface area contributed by atoms with Crippen LogP contribution in [0.5, 0.6) is 0 Å². The molecule has 0 radical (unpaired) electrons. The third-order valence-electron chi connectivity index (χ3n) is 5.36. The highest BCUT2D eigenvalue weighted by Gasteiger charge is 2.59. The van der Waals surface area contributed by atoms with E-state index in [1.807, 2.05) is 13.0 Å². The summed E-state index contributed by atoms with van der Waals surface area (Å²) in [6.45, 7) is 4.06. The van der Waals surface area contributed by atoms with Crippen molar-refractivity contribution in [3.8, 4) is 11.3 Å². The van der Waals surface area contributed by atoms with Crippen molar-refractivity contribution in [3.63, 3.8) is 0 Å². The maximum absolute atomic E-state index is 13.9. The predicted molar refractivity (Wildman–Crippen MR) is 76.3 cm³/mol. The van der Waals surface area contributed by atoms with Crippen LogP contribution in [0.25, 0.3) is 11.3 Å². The van der Waals surface area contributed by atoms with E-state index in [-0.39, 0.29) is 23.4 Å². The molecule has 2 bridgehead atoms. The fourth-order valence-electron chi connectivity index (χ4n) is 3.86. The summed E-state index contributed by atoms with van der Waals surface area (Å²) in [5, 5.41) is 8.47. The molecule has 4 rings (SSSR count). The fraction of sp³-hybridized carbons (Fsp3) is 0.353. The lowest BCUT2D eigenvalue weighted by atomic mass is 9.80. The highest BCUT2D eigenvalue weighted by Crippen LogP contribution is 2.58. The largest absolute Gasteiger partial charge is 0.299 e. The minimum atomic E-state index is -0.513. The fourth-order valence-corrected chi connectivity index (χ4v) is 3.86. The Morgan fingerprint density at radius 2 is 2.05 bits per heavy atom. The summed E-state index contributed by atoms with van der Waals surface area (Å²) in [5.41, 5.74) is 2.34. The molecular formula is C17H15FN2O. The molecule has 3 nitrogen and oxygen atoms in total. The number of halogens is 1. The molecule has 0 spiro atoms. The first-order valence-corrected chi connectivity index (χ1v) is 7.19. The Hall–Kier alpha value is -2.10. The average Bonchev–Trinajstić information content (AvgIpc) is 2.83. The van der Waals surface area contributed by atoms with Crippen LogP contribution in [0.1, 0.15) is 37.4 Å². The van der Waals surface area contributed by atoms with Crippen LogP contribution in [0.3, 0.4) is 0 Å². The van der Waals surface area contributed by atoms with Gasteiger partial charge in [-0.15, -0.1) is 0 Å². The number of Topliss-reactive ketones (excluding diaryl/α,β-unsaturated/α-hetero) is 1. The van der Waals surface area contributed by atoms with Crippen molar-refractivity contribution in [1.82, 2.24) is 10.2 Å². The van der Waals surface area contributed by atoms with Gasteiger partial charge in [-0.05, 0) is 42.5 Å². The topological polar surface area (TPSA) is 42.9 Å². The number of aromatic nitrogens is 2. The van der Waals surface area contributed by atoms with Crippen molar-refractivity contribution >= 4 is 5.78 Å². The molecule has 2 aromatic rings. The zero-order valence-electron chi connectivity index (χ0n) is 11.9. The highest BCUT2D eigenvalue weighted by atomic mass is 19.1. The molecule has 1 aromatic heterocycles. The van der Waals surface area contributed by atoms with Gasteiger partial charge in [-0.25, -0.2) is 4.39 Å². The quantitative estimate of drug-likeness (QED) is 0.806. The summed E-state index contributed by atoms with van der Waals surface area (Å²) < 4.78 is 13.9. The molecule has 1 fully saturated rings. The van der Waals surface area contributed by atoms with E-state index in [1.54, 1.807) is 18.2 Å². The van der Waals surface area contributed by atoms with Gasteiger partial charge in [-0.2, -0.15) is 10.2 Å². The van der Waals surface area contributed by atoms with Gasteiger partial charge in [-0.1, -0.05) is 19.1 Å². The summed E-state index contributed by atoms with van der Waals surface area (Å²) in [7, 11) is 0. The number of rotatable bonds is 1. The maximum atomic E-state index is 13.9. The van der Waals surface area contributed by atoms with Gasteiger partial charge < -0.3 is 0 Å². The van der Waals surface area contributed by atoms with E-state index in [0.29, 0.717) is 17.7 Å². The van der Waals surface area contributed by atoms with Crippen molar-refractivity contribution in [1.29, 1.82) is 0 Å². The number of hydrogen-bond donors (Lipinski definition) is 0. The van der Waals surface area contributed by atoms with Gasteiger partial charge in [0.25, 0.3) is 0 Å². The monoisotopic (exact) mass is 282 g/mol. The first kappa shape index (κ1) is 12.6. The van der Waals surface area contributed by atoms with E-state index in [2.05, 4.69) is 17.1 Å². The van der Waals surface area contributed by atoms with Gasteiger partial charge in [0, 0.05) is 12.0 Å². The Morgan fingerprint density at radius 3 is 2.81 bits per heavy atom. The zero-order valence-corrected chi connectivity index (χ0v) is 11.9. The van der Waals surface area contributed by atoms with Crippen molar-refractivity contribution in [2.75, 3.05) is 0 Å². The summed E-state index contributed by atoms with van der Waals surface area (Å²) >= 11 is 0. The number of benzene rings is 1. The van der Waals surface area contributed by atoms with Crippen molar-refractivity contribution in [2.24, 2.45) is 5.92 Å². The molecule has 2 aliphatic carbocycles. The van der Waals surface area contributed by atoms with Crippen LogP contribution in [0, 0.1) is 11.7 Å². The molecule has 1 saturated carbocycles. The molecule has 0 N–H and O–H groups in total. The van der Waals surface area contributed by atoms with Crippen LogP contribution in [0.2, 0.25) is 0 Å². The Kier molecular flexibility index (Phi) is 2.39. The van der Waals surface area contributed by atoms with Crippen molar-refractivity contribution in [2.45, 2.75) is 31.6 Å². The number of ketones is 1. The number of carbonyl (C=O) groups excluding carboxylic acids is 1. The Bertz CT molecular complexity index is 773. The average molecular weight is 282 g/mol. The van der Waals surface area contributed by atoms with Gasteiger partial charge in [0.15, 0.2) is 0 Å². The molecule has 1 heterocycles. The Morgan fingerprint density at radius 1 is 1.29 bits per heavy atom. The molecule has 0 aliphatic heterocycles. The number of carbonyl (C=O) groups is 1. The lowest BCUT2D eigenvalue weighted by Gasteiger charge is -2.23. The smallest absolute Gasteiger partial charge is 0.145 e. The third-order valence-corrected chi connectivity index (χ3v) is 5.36. The summed E-state index contributed by atoms with van der Waals surface area (Å²) in [5.74, 6) is 0.384. The summed E-state index contributed by atoms with van der Waals surface area (Å²) in [6, 6.07) is 8.48. The van der Waals surface area contributed by atoms with Gasteiger partial charge in [0.05, 0.1) is 16.8 Å². The van der Waals surface area contributed by atoms with E-state index in [1.165, 1.54) is 6.07 Å². The van der Waals surface area contributed by atoms with E-state index in [9.17, 15) is 9.18 Å². The van der Waals surface area contributed by atoms with Crippen molar-refractivity contribution in [3.05, 3.63) is 47.4 Å². The molecule has 1 aromatic carbocycles. The second-order valence-electron chi connectivity index (χ2n) is 6.24. The lowest BCUT2D eigenvalue weighted by Crippen LogP contribution is -2.32. The summed E-state index contributed by atoms with van der Waals surface area (Å²) in [4.78, 5) is 12.2. The molecule has 21 heavy (non-hydrogen) atoms. The van der Waals surface area contributed by atoms with Crippen LogP contribution in [-0.2, 0) is 10.2 Å². The molecule has 4 heteroatoms. The van der Waals surface area contributed by atoms with Crippen molar-refractivity contribution < 1.29 is 9.18 Å². The van der Waals surface area contributed by atoms with Gasteiger partial charge in [0.1, 0.15) is 11.6 Å². The number of nitrogens with zero attached hydrogens (tertiary/aromatic N) is 2. The molecule has 0 amide bonds. The van der Waals surface area contributed by atoms with Gasteiger partial charge >= 0.3 is 0 Å². The maximum Gasteiger partial charge on any atom is 0.145 e. The first-order valence-electron chi connectivity index (χ1n) is 7.19. The SMILES string of the molecule is CC1C2CC(=O)C1(C)c1nnc(-c3ccccc3F)cc12.